The number of nitrogens with one attached hydrogen (secondary N) is 2. The van der Waals surface area contributed by atoms with Crippen molar-refractivity contribution in [2.75, 3.05) is 17.1 Å². The number of ether oxygens (including phenoxy) is 1. The van der Waals surface area contributed by atoms with Gasteiger partial charge >= 0.3 is 5.97 Å². The van der Waals surface area contributed by atoms with Crippen LogP contribution in [0.2, 0.25) is 0 Å². The van der Waals surface area contributed by atoms with Crippen LogP contribution in [-0.4, -0.2) is 32.6 Å². The predicted molar refractivity (Wildman–Crippen MR) is 112 cm³/mol. The topological polar surface area (TPSA) is 128 Å². The number of rotatable bonds is 6. The molecule has 1 aromatic heterocycles. The first kappa shape index (κ1) is 21.5. The Hall–Kier alpha value is -3.18. The van der Waals surface area contributed by atoms with Crippen molar-refractivity contribution < 1.29 is 27.3 Å². The molecular formula is C19H16BrN3O6S. The number of carbonyl (C=O) groups is 2. The number of esters is 1. The summed E-state index contributed by atoms with van der Waals surface area (Å²) in [6.45, 7) is 1.62. The van der Waals surface area contributed by atoms with Gasteiger partial charge in [-0.3, -0.25) is 9.52 Å². The summed E-state index contributed by atoms with van der Waals surface area (Å²) in [7, 11) is -2.75. The summed E-state index contributed by atoms with van der Waals surface area (Å²) in [4.78, 5) is 23.9. The normalized spacial score (nSPS) is 11.0. The zero-order valence-electron chi connectivity index (χ0n) is 15.8. The molecule has 156 valence electrons. The Morgan fingerprint density at radius 3 is 2.33 bits per heavy atom. The van der Waals surface area contributed by atoms with Crippen LogP contribution in [0.5, 0.6) is 0 Å². The molecule has 0 bridgehead atoms. The van der Waals surface area contributed by atoms with Gasteiger partial charge in [-0.2, -0.15) is 0 Å². The standard InChI is InChI=1S/C19H16BrN3O6S/c1-11-16(10-21-29-11)18(24)22-12-3-5-13(6-4-12)23-30(26,27)14-7-8-17(20)15(9-14)19(25)28-2/h3-10,23H,1-2H3,(H,22,24). The number of hydrogen-bond acceptors (Lipinski definition) is 7. The lowest BCUT2D eigenvalue weighted by Gasteiger charge is -2.11. The summed E-state index contributed by atoms with van der Waals surface area (Å²) >= 11 is 3.19. The number of carbonyl (C=O) groups excluding carboxylic acids is 2. The Labute approximate surface area is 180 Å². The van der Waals surface area contributed by atoms with Crippen LogP contribution in [-0.2, 0) is 14.8 Å². The molecule has 0 atom stereocenters. The van der Waals surface area contributed by atoms with E-state index >= 15 is 0 Å². The van der Waals surface area contributed by atoms with Crippen LogP contribution in [0.15, 0.2) is 62.6 Å². The molecule has 9 nitrogen and oxygen atoms in total. The van der Waals surface area contributed by atoms with Crippen molar-refractivity contribution in [1.82, 2.24) is 5.16 Å². The van der Waals surface area contributed by atoms with Crippen molar-refractivity contribution in [3.8, 4) is 0 Å². The van der Waals surface area contributed by atoms with Gasteiger partial charge in [0.2, 0.25) is 0 Å². The van der Waals surface area contributed by atoms with Crippen LogP contribution in [0.25, 0.3) is 0 Å². The van der Waals surface area contributed by atoms with Crippen molar-refractivity contribution in [2.24, 2.45) is 0 Å². The lowest BCUT2D eigenvalue weighted by Crippen LogP contribution is -2.15. The minimum atomic E-state index is -3.96. The molecule has 0 saturated heterocycles. The highest BCUT2D eigenvalue weighted by Gasteiger charge is 2.19. The lowest BCUT2D eigenvalue weighted by molar-refractivity contribution is 0.0599. The zero-order valence-corrected chi connectivity index (χ0v) is 18.2. The van der Waals surface area contributed by atoms with E-state index in [0.29, 0.717) is 21.5 Å². The SMILES string of the molecule is COC(=O)c1cc(S(=O)(=O)Nc2ccc(NC(=O)c3cnoc3C)cc2)ccc1Br. The van der Waals surface area contributed by atoms with E-state index in [2.05, 4.69) is 35.9 Å². The van der Waals surface area contributed by atoms with Gasteiger partial charge in [0, 0.05) is 15.8 Å². The Kier molecular flexibility index (Phi) is 6.22. The number of methoxy groups -OCH3 is 1. The minimum Gasteiger partial charge on any atom is -0.465 e. The molecule has 3 rings (SSSR count). The van der Waals surface area contributed by atoms with Gasteiger partial charge in [-0.25, -0.2) is 13.2 Å². The number of aromatic nitrogens is 1. The summed E-state index contributed by atoms with van der Waals surface area (Å²) in [6.07, 6.45) is 1.31. The third-order valence-electron chi connectivity index (χ3n) is 4.04. The number of amides is 1. The third-order valence-corrected chi connectivity index (χ3v) is 6.11. The van der Waals surface area contributed by atoms with E-state index in [1.165, 1.54) is 43.6 Å². The summed E-state index contributed by atoms with van der Waals surface area (Å²) in [6, 6.07) is 10.1. The fourth-order valence-electron chi connectivity index (χ4n) is 2.49. The average molecular weight is 494 g/mol. The van der Waals surface area contributed by atoms with Gasteiger partial charge in [-0.1, -0.05) is 5.16 Å². The van der Waals surface area contributed by atoms with Crippen molar-refractivity contribution >= 4 is 49.2 Å². The molecule has 0 aliphatic heterocycles. The monoisotopic (exact) mass is 493 g/mol. The van der Waals surface area contributed by atoms with Crippen LogP contribution < -0.4 is 10.0 Å². The molecule has 1 heterocycles. The van der Waals surface area contributed by atoms with Crippen molar-refractivity contribution in [2.45, 2.75) is 11.8 Å². The smallest absolute Gasteiger partial charge is 0.339 e. The fourth-order valence-corrected chi connectivity index (χ4v) is 3.98. The van der Waals surface area contributed by atoms with Gasteiger partial charge in [0.05, 0.1) is 23.8 Å². The number of sulfonamides is 1. The van der Waals surface area contributed by atoms with Gasteiger partial charge in [0.25, 0.3) is 15.9 Å². The van der Waals surface area contributed by atoms with E-state index in [4.69, 9.17) is 4.52 Å². The molecule has 30 heavy (non-hydrogen) atoms. The van der Waals surface area contributed by atoms with Crippen LogP contribution in [0.4, 0.5) is 11.4 Å². The Morgan fingerprint density at radius 1 is 1.07 bits per heavy atom. The molecule has 0 aliphatic rings. The molecule has 0 spiro atoms. The maximum absolute atomic E-state index is 12.7. The number of aryl methyl sites for hydroxylation is 1. The number of anilines is 2. The molecule has 1 amide bonds. The minimum absolute atomic E-state index is 0.0856. The maximum atomic E-state index is 12.7. The second kappa shape index (κ2) is 8.67. The first-order valence-electron chi connectivity index (χ1n) is 8.44. The van der Waals surface area contributed by atoms with E-state index in [9.17, 15) is 18.0 Å². The molecule has 0 saturated carbocycles. The summed E-state index contributed by atoms with van der Waals surface area (Å²) in [5, 5.41) is 6.22. The number of benzene rings is 2. The Morgan fingerprint density at radius 2 is 1.73 bits per heavy atom. The molecule has 0 fully saturated rings. The van der Waals surface area contributed by atoms with Crippen molar-refractivity contribution in [3.63, 3.8) is 0 Å². The largest absolute Gasteiger partial charge is 0.465 e. The molecule has 3 aromatic rings. The van der Waals surface area contributed by atoms with Crippen LogP contribution >= 0.6 is 15.9 Å². The van der Waals surface area contributed by atoms with E-state index < -0.39 is 21.9 Å². The van der Waals surface area contributed by atoms with Gasteiger partial charge in [-0.15, -0.1) is 0 Å². The number of nitrogens with zero attached hydrogens (tertiary/aromatic N) is 1. The Balaban J connectivity index is 1.75. The van der Waals surface area contributed by atoms with Crippen molar-refractivity contribution in [1.29, 1.82) is 0 Å². The summed E-state index contributed by atoms with van der Waals surface area (Å²) in [5.41, 5.74) is 1.12. The highest BCUT2D eigenvalue weighted by Crippen LogP contribution is 2.24. The van der Waals surface area contributed by atoms with Crippen LogP contribution in [0.3, 0.4) is 0 Å². The first-order chi connectivity index (χ1) is 14.2. The second-order valence-corrected chi connectivity index (χ2v) is 8.60. The first-order valence-corrected chi connectivity index (χ1v) is 10.7. The molecule has 0 aliphatic carbocycles. The number of halogens is 1. The summed E-state index contributed by atoms with van der Waals surface area (Å²) < 4.78 is 37.7. The van der Waals surface area contributed by atoms with Gasteiger partial charge < -0.3 is 14.6 Å². The highest BCUT2D eigenvalue weighted by molar-refractivity contribution is 9.10. The molecule has 11 heteroatoms. The van der Waals surface area contributed by atoms with Crippen LogP contribution in [0, 0.1) is 6.92 Å². The average Bonchev–Trinajstić information content (AvgIpc) is 3.15. The van der Waals surface area contributed by atoms with Gasteiger partial charge in [0.1, 0.15) is 11.3 Å². The molecule has 0 unspecified atom stereocenters. The molecule has 2 aromatic carbocycles. The van der Waals surface area contributed by atoms with Gasteiger partial charge in [-0.05, 0) is 65.3 Å². The second-order valence-electron chi connectivity index (χ2n) is 6.07. The van der Waals surface area contributed by atoms with E-state index in [1.54, 1.807) is 19.1 Å². The Bertz CT molecular complexity index is 1210. The van der Waals surface area contributed by atoms with E-state index in [0.717, 1.165) is 0 Å². The number of hydrogen-bond donors (Lipinski definition) is 2. The van der Waals surface area contributed by atoms with E-state index in [1.807, 2.05) is 0 Å². The molecule has 0 radical (unpaired) electrons. The predicted octanol–water partition coefficient (Wildman–Crippen LogP) is 3.59. The van der Waals surface area contributed by atoms with Crippen molar-refractivity contribution in [3.05, 3.63) is 70.0 Å². The van der Waals surface area contributed by atoms with E-state index in [-0.39, 0.29) is 16.1 Å². The van der Waals surface area contributed by atoms with Gasteiger partial charge in [0.15, 0.2) is 0 Å². The third kappa shape index (κ3) is 4.69. The zero-order chi connectivity index (χ0) is 21.9. The molecular weight excluding hydrogens is 478 g/mol. The maximum Gasteiger partial charge on any atom is 0.339 e. The summed E-state index contributed by atoms with van der Waals surface area (Å²) in [5.74, 6) is -0.674. The lowest BCUT2D eigenvalue weighted by atomic mass is 10.2. The fraction of sp³-hybridized carbons (Fsp3) is 0.105. The quantitative estimate of drug-likeness (QED) is 0.502. The molecule has 2 N–H and O–H groups in total. The highest BCUT2D eigenvalue weighted by atomic mass is 79.9. The van der Waals surface area contributed by atoms with Crippen LogP contribution in [0.1, 0.15) is 26.5 Å².